The van der Waals surface area contributed by atoms with Gasteiger partial charge in [-0.15, -0.1) is 0 Å². The normalized spacial score (nSPS) is 17.8. The first-order chi connectivity index (χ1) is 7.54. The van der Waals surface area contributed by atoms with Gasteiger partial charge in [-0.2, -0.15) is 18.3 Å². The third-order valence-corrected chi connectivity index (χ3v) is 2.34. The fourth-order valence-corrected chi connectivity index (χ4v) is 1.61. The van der Waals surface area contributed by atoms with Crippen molar-refractivity contribution in [1.82, 2.24) is 9.78 Å². The molecule has 7 heteroatoms. The first-order valence-corrected chi connectivity index (χ1v) is 4.96. The highest BCUT2D eigenvalue weighted by Gasteiger charge is 2.28. The summed E-state index contributed by atoms with van der Waals surface area (Å²) in [5, 5.41) is 3.69. The van der Waals surface area contributed by atoms with Crippen LogP contribution in [0.25, 0.3) is 0 Å². The van der Waals surface area contributed by atoms with Crippen molar-refractivity contribution in [3.63, 3.8) is 0 Å². The number of halogens is 3. The molecular formula is C9H12F3N3O. The lowest BCUT2D eigenvalue weighted by atomic mass is 10.4. The Morgan fingerprint density at radius 2 is 2.00 bits per heavy atom. The molecule has 1 aliphatic rings. The number of hydrogen-bond donors (Lipinski definition) is 0. The van der Waals surface area contributed by atoms with Gasteiger partial charge in [0.15, 0.2) is 0 Å². The number of ether oxygens (including phenoxy) is 1. The molecule has 90 valence electrons. The second-order valence-electron chi connectivity index (χ2n) is 3.61. The highest BCUT2D eigenvalue weighted by molar-refractivity contribution is 5.42. The van der Waals surface area contributed by atoms with Crippen LogP contribution in [0.3, 0.4) is 0 Å². The minimum Gasteiger partial charge on any atom is -0.378 e. The molecule has 1 saturated heterocycles. The molecule has 0 aliphatic carbocycles. The summed E-state index contributed by atoms with van der Waals surface area (Å²) >= 11 is 0. The van der Waals surface area contributed by atoms with Crippen LogP contribution in [0.4, 0.5) is 18.9 Å². The number of morpholine rings is 1. The minimum absolute atomic E-state index is 0.602. The Kier molecular flexibility index (Phi) is 3.04. The summed E-state index contributed by atoms with van der Waals surface area (Å²) in [4.78, 5) is 1.96. The van der Waals surface area contributed by atoms with Crippen LogP contribution in [0, 0.1) is 0 Å². The van der Waals surface area contributed by atoms with Crippen molar-refractivity contribution >= 4 is 5.69 Å². The summed E-state index contributed by atoms with van der Waals surface area (Å²) < 4.78 is 42.4. The number of alkyl halides is 3. The van der Waals surface area contributed by atoms with Crippen molar-refractivity contribution in [3.8, 4) is 0 Å². The van der Waals surface area contributed by atoms with E-state index >= 15 is 0 Å². The highest BCUT2D eigenvalue weighted by Crippen LogP contribution is 2.20. The van der Waals surface area contributed by atoms with Crippen LogP contribution in [0.2, 0.25) is 0 Å². The van der Waals surface area contributed by atoms with Crippen LogP contribution in [0.15, 0.2) is 12.4 Å². The molecule has 16 heavy (non-hydrogen) atoms. The van der Waals surface area contributed by atoms with Gasteiger partial charge in [0.2, 0.25) is 0 Å². The van der Waals surface area contributed by atoms with Crippen LogP contribution in [-0.4, -0.2) is 42.3 Å². The molecule has 4 nitrogen and oxygen atoms in total. The molecule has 0 aromatic carbocycles. The maximum atomic E-state index is 12.1. The van der Waals surface area contributed by atoms with Gasteiger partial charge in [-0.25, -0.2) is 0 Å². The zero-order valence-corrected chi connectivity index (χ0v) is 8.57. The van der Waals surface area contributed by atoms with E-state index in [-0.39, 0.29) is 0 Å². The molecule has 2 rings (SSSR count). The fourth-order valence-electron chi connectivity index (χ4n) is 1.61. The molecule has 0 saturated carbocycles. The van der Waals surface area contributed by atoms with E-state index in [1.807, 2.05) is 4.90 Å². The molecule has 0 N–H and O–H groups in total. The first kappa shape index (κ1) is 11.3. The standard InChI is InChI=1S/C9H12F3N3O/c10-9(11,12)7-15-6-8(5-13-15)14-1-3-16-4-2-14/h5-6H,1-4,7H2. The molecule has 1 aromatic heterocycles. The second kappa shape index (κ2) is 4.32. The molecule has 0 radical (unpaired) electrons. The Labute approximate surface area is 90.6 Å². The van der Waals surface area contributed by atoms with E-state index in [2.05, 4.69) is 5.10 Å². The number of rotatable bonds is 2. The van der Waals surface area contributed by atoms with Crippen LogP contribution in [-0.2, 0) is 11.3 Å². The molecule has 0 spiro atoms. The predicted octanol–water partition coefficient (Wildman–Crippen LogP) is 1.28. The average Bonchev–Trinajstić information content (AvgIpc) is 2.65. The van der Waals surface area contributed by atoms with Crippen molar-refractivity contribution in [2.75, 3.05) is 31.2 Å². The predicted molar refractivity (Wildman–Crippen MR) is 51.3 cm³/mol. The third-order valence-electron chi connectivity index (χ3n) is 2.34. The largest absolute Gasteiger partial charge is 0.408 e. The van der Waals surface area contributed by atoms with E-state index in [1.54, 1.807) is 0 Å². The molecule has 0 amide bonds. The van der Waals surface area contributed by atoms with E-state index < -0.39 is 12.7 Å². The summed E-state index contributed by atoms with van der Waals surface area (Å²) in [5.74, 6) is 0. The first-order valence-electron chi connectivity index (χ1n) is 4.96. The fraction of sp³-hybridized carbons (Fsp3) is 0.667. The quantitative estimate of drug-likeness (QED) is 0.773. The second-order valence-corrected chi connectivity index (χ2v) is 3.61. The lowest BCUT2D eigenvalue weighted by Gasteiger charge is -2.27. The van der Waals surface area contributed by atoms with Crippen molar-refractivity contribution in [3.05, 3.63) is 12.4 Å². The molecule has 0 unspecified atom stereocenters. The summed E-state index contributed by atoms with van der Waals surface area (Å²) in [7, 11) is 0. The Hall–Kier alpha value is -1.24. The Bertz CT molecular complexity index is 344. The van der Waals surface area contributed by atoms with Gasteiger partial charge in [-0.05, 0) is 0 Å². The van der Waals surface area contributed by atoms with Crippen molar-refractivity contribution in [2.45, 2.75) is 12.7 Å². The zero-order chi connectivity index (χ0) is 11.6. The Morgan fingerprint density at radius 1 is 1.31 bits per heavy atom. The van der Waals surface area contributed by atoms with Crippen molar-refractivity contribution in [2.24, 2.45) is 0 Å². The molecule has 0 atom stereocenters. The minimum atomic E-state index is -4.23. The molecule has 1 fully saturated rings. The maximum Gasteiger partial charge on any atom is 0.408 e. The van der Waals surface area contributed by atoms with Gasteiger partial charge in [-0.3, -0.25) is 4.68 Å². The summed E-state index contributed by atoms with van der Waals surface area (Å²) in [6, 6.07) is 0. The maximum absolute atomic E-state index is 12.1. The van der Waals surface area contributed by atoms with E-state index in [1.165, 1.54) is 12.4 Å². The summed E-state index contributed by atoms with van der Waals surface area (Å²) in [6.07, 6.45) is -1.36. The molecule has 0 bridgehead atoms. The van der Waals surface area contributed by atoms with E-state index in [4.69, 9.17) is 4.74 Å². The van der Waals surface area contributed by atoms with Gasteiger partial charge in [0.25, 0.3) is 0 Å². The van der Waals surface area contributed by atoms with Crippen LogP contribution >= 0.6 is 0 Å². The van der Waals surface area contributed by atoms with Crippen molar-refractivity contribution in [1.29, 1.82) is 0 Å². The smallest absolute Gasteiger partial charge is 0.378 e. The van der Waals surface area contributed by atoms with Crippen molar-refractivity contribution < 1.29 is 17.9 Å². The van der Waals surface area contributed by atoms with Crippen LogP contribution in [0.5, 0.6) is 0 Å². The van der Waals surface area contributed by atoms with E-state index in [0.29, 0.717) is 32.0 Å². The lowest BCUT2D eigenvalue weighted by molar-refractivity contribution is -0.142. The number of nitrogens with zero attached hydrogens (tertiary/aromatic N) is 3. The summed E-state index contributed by atoms with van der Waals surface area (Å²) in [6.45, 7) is 1.54. The SMILES string of the molecule is FC(F)(F)Cn1cc(N2CCOCC2)cn1. The molecular weight excluding hydrogens is 223 g/mol. The molecule has 1 aromatic rings. The molecule has 1 aliphatic heterocycles. The Balaban J connectivity index is 2.01. The van der Waals surface area contributed by atoms with Gasteiger partial charge in [-0.1, -0.05) is 0 Å². The number of hydrogen-bond acceptors (Lipinski definition) is 3. The summed E-state index contributed by atoms with van der Waals surface area (Å²) in [5.41, 5.74) is 0.715. The van der Waals surface area contributed by atoms with Gasteiger partial charge in [0, 0.05) is 19.3 Å². The van der Waals surface area contributed by atoms with Gasteiger partial charge >= 0.3 is 6.18 Å². The number of anilines is 1. The van der Waals surface area contributed by atoms with E-state index in [0.717, 1.165) is 4.68 Å². The Morgan fingerprint density at radius 3 is 2.62 bits per heavy atom. The molecule has 2 heterocycles. The monoisotopic (exact) mass is 235 g/mol. The average molecular weight is 235 g/mol. The number of aromatic nitrogens is 2. The van der Waals surface area contributed by atoms with Crippen LogP contribution in [0.1, 0.15) is 0 Å². The lowest BCUT2D eigenvalue weighted by Crippen LogP contribution is -2.36. The highest BCUT2D eigenvalue weighted by atomic mass is 19.4. The zero-order valence-electron chi connectivity index (χ0n) is 8.57. The van der Waals surface area contributed by atoms with E-state index in [9.17, 15) is 13.2 Å². The van der Waals surface area contributed by atoms with Gasteiger partial charge in [0.1, 0.15) is 6.54 Å². The third kappa shape index (κ3) is 2.88. The van der Waals surface area contributed by atoms with Gasteiger partial charge in [0.05, 0.1) is 25.1 Å². The van der Waals surface area contributed by atoms with Crippen LogP contribution < -0.4 is 4.90 Å². The topological polar surface area (TPSA) is 30.3 Å². The van der Waals surface area contributed by atoms with Gasteiger partial charge < -0.3 is 9.64 Å².